The Morgan fingerprint density at radius 1 is 1.47 bits per heavy atom. The monoisotopic (exact) mass is 285 g/mol. The number of anilines is 2. The van der Waals surface area contributed by atoms with Crippen LogP contribution in [-0.4, -0.2) is 15.0 Å². The highest BCUT2D eigenvalue weighted by molar-refractivity contribution is 9.10. The van der Waals surface area contributed by atoms with Crippen LogP contribution in [0.15, 0.2) is 22.5 Å². The standard InChI is InChI=1S/C8H8BrN5S/c9-6-7(10)13-3-14-8(6)12-2-5-1-11-4-15-5/h1,3-4H,2H2,(H3,10,12,13,14). The van der Waals surface area contributed by atoms with Crippen molar-refractivity contribution in [1.29, 1.82) is 0 Å². The molecule has 0 saturated carbocycles. The van der Waals surface area contributed by atoms with E-state index < -0.39 is 0 Å². The van der Waals surface area contributed by atoms with E-state index in [0.29, 0.717) is 22.7 Å². The van der Waals surface area contributed by atoms with Crippen LogP contribution in [0.25, 0.3) is 0 Å². The van der Waals surface area contributed by atoms with Crippen molar-refractivity contribution in [2.45, 2.75) is 6.54 Å². The van der Waals surface area contributed by atoms with Gasteiger partial charge < -0.3 is 11.1 Å². The van der Waals surface area contributed by atoms with Crippen molar-refractivity contribution in [2.75, 3.05) is 11.1 Å². The molecule has 0 fully saturated rings. The van der Waals surface area contributed by atoms with Crippen molar-refractivity contribution in [3.05, 3.63) is 27.4 Å². The van der Waals surface area contributed by atoms with Crippen molar-refractivity contribution >= 4 is 38.9 Å². The predicted octanol–water partition coefficient (Wildman–Crippen LogP) is 1.89. The lowest BCUT2D eigenvalue weighted by Crippen LogP contribution is -2.03. The van der Waals surface area contributed by atoms with Crippen LogP contribution in [0.5, 0.6) is 0 Å². The highest BCUT2D eigenvalue weighted by atomic mass is 79.9. The van der Waals surface area contributed by atoms with Crippen molar-refractivity contribution in [2.24, 2.45) is 0 Å². The summed E-state index contributed by atoms with van der Waals surface area (Å²) in [7, 11) is 0. The molecule has 2 rings (SSSR count). The Hall–Kier alpha value is -1.21. The summed E-state index contributed by atoms with van der Waals surface area (Å²) in [6, 6.07) is 0. The molecule has 0 radical (unpaired) electrons. The summed E-state index contributed by atoms with van der Waals surface area (Å²) < 4.78 is 0.689. The Balaban J connectivity index is 2.08. The Labute approximate surface area is 98.9 Å². The van der Waals surface area contributed by atoms with Crippen molar-refractivity contribution in [1.82, 2.24) is 15.0 Å². The second kappa shape index (κ2) is 4.54. The van der Waals surface area contributed by atoms with Gasteiger partial charge in [0.2, 0.25) is 0 Å². The quantitative estimate of drug-likeness (QED) is 0.901. The number of nitrogens with zero attached hydrogens (tertiary/aromatic N) is 3. The summed E-state index contributed by atoms with van der Waals surface area (Å²) in [5.74, 6) is 1.12. The van der Waals surface area contributed by atoms with Gasteiger partial charge in [0.15, 0.2) is 0 Å². The minimum atomic E-state index is 0.428. The van der Waals surface area contributed by atoms with Gasteiger partial charge >= 0.3 is 0 Å². The second-order valence-electron chi connectivity index (χ2n) is 2.74. The summed E-state index contributed by atoms with van der Waals surface area (Å²) in [4.78, 5) is 13.0. The molecule has 0 aliphatic carbocycles. The first-order chi connectivity index (χ1) is 7.27. The highest BCUT2D eigenvalue weighted by Gasteiger charge is 2.05. The molecule has 2 heterocycles. The molecule has 0 unspecified atom stereocenters. The lowest BCUT2D eigenvalue weighted by Gasteiger charge is -2.06. The van der Waals surface area contributed by atoms with E-state index in [-0.39, 0.29) is 0 Å². The van der Waals surface area contributed by atoms with Crippen LogP contribution in [0, 0.1) is 0 Å². The molecule has 0 aliphatic heterocycles. The van der Waals surface area contributed by atoms with Crippen LogP contribution in [-0.2, 0) is 6.54 Å². The number of nitrogens with one attached hydrogen (secondary N) is 1. The summed E-state index contributed by atoms with van der Waals surface area (Å²) in [6.07, 6.45) is 3.24. The van der Waals surface area contributed by atoms with Gasteiger partial charge in [0.25, 0.3) is 0 Å². The fourth-order valence-electron chi connectivity index (χ4n) is 1.01. The molecule has 0 aromatic carbocycles. The maximum Gasteiger partial charge on any atom is 0.146 e. The zero-order valence-corrected chi connectivity index (χ0v) is 10.0. The largest absolute Gasteiger partial charge is 0.383 e. The van der Waals surface area contributed by atoms with E-state index in [0.717, 1.165) is 4.88 Å². The molecule has 7 heteroatoms. The van der Waals surface area contributed by atoms with Crippen LogP contribution in [0.3, 0.4) is 0 Å². The third-order valence-electron chi connectivity index (χ3n) is 1.73. The predicted molar refractivity (Wildman–Crippen MR) is 63.6 cm³/mol. The van der Waals surface area contributed by atoms with Crippen LogP contribution >= 0.6 is 27.3 Å². The molecular formula is C8H8BrN5S. The number of aromatic nitrogens is 3. The van der Waals surface area contributed by atoms with E-state index in [2.05, 4.69) is 36.2 Å². The molecule has 0 spiro atoms. The maximum atomic E-state index is 5.62. The minimum absolute atomic E-state index is 0.428. The smallest absolute Gasteiger partial charge is 0.146 e. The van der Waals surface area contributed by atoms with Gasteiger partial charge in [-0.2, -0.15) is 0 Å². The first-order valence-corrected chi connectivity index (χ1v) is 5.82. The van der Waals surface area contributed by atoms with Crippen molar-refractivity contribution < 1.29 is 0 Å². The van der Waals surface area contributed by atoms with Gasteiger partial charge in [0, 0.05) is 11.1 Å². The van der Waals surface area contributed by atoms with E-state index in [1.54, 1.807) is 16.8 Å². The van der Waals surface area contributed by atoms with Gasteiger partial charge in [0.1, 0.15) is 22.4 Å². The topological polar surface area (TPSA) is 76.7 Å². The lowest BCUT2D eigenvalue weighted by atomic mass is 10.5. The third-order valence-corrected chi connectivity index (χ3v) is 3.29. The molecule has 0 atom stereocenters. The number of rotatable bonds is 3. The van der Waals surface area contributed by atoms with Gasteiger partial charge in [-0.3, -0.25) is 4.98 Å². The molecule has 3 N–H and O–H groups in total. The molecular weight excluding hydrogens is 278 g/mol. The fraction of sp³-hybridized carbons (Fsp3) is 0.125. The zero-order valence-electron chi connectivity index (χ0n) is 7.64. The number of nitrogens with two attached hydrogens (primary N) is 1. The first kappa shape index (κ1) is 10.3. The Kier molecular flexibility index (Phi) is 3.12. The number of nitrogen functional groups attached to an aromatic ring is 1. The summed E-state index contributed by atoms with van der Waals surface area (Å²) in [5, 5.41) is 3.15. The van der Waals surface area contributed by atoms with Gasteiger partial charge in [-0.25, -0.2) is 9.97 Å². The molecule has 0 aliphatic rings. The van der Waals surface area contributed by atoms with E-state index in [1.165, 1.54) is 6.33 Å². The number of thiazole rings is 1. The normalized spacial score (nSPS) is 10.2. The molecule has 78 valence electrons. The van der Waals surface area contributed by atoms with E-state index >= 15 is 0 Å². The average Bonchev–Trinajstić information content (AvgIpc) is 2.73. The SMILES string of the molecule is Nc1ncnc(NCc2cncs2)c1Br. The molecule has 2 aromatic rings. The fourth-order valence-corrected chi connectivity index (χ4v) is 1.89. The van der Waals surface area contributed by atoms with E-state index in [9.17, 15) is 0 Å². The van der Waals surface area contributed by atoms with Crippen molar-refractivity contribution in [3.63, 3.8) is 0 Å². The van der Waals surface area contributed by atoms with E-state index in [1.807, 2.05) is 6.20 Å². The Morgan fingerprint density at radius 3 is 3.07 bits per heavy atom. The van der Waals surface area contributed by atoms with Crippen LogP contribution in [0.2, 0.25) is 0 Å². The number of halogens is 1. The molecule has 5 nitrogen and oxygen atoms in total. The first-order valence-electron chi connectivity index (χ1n) is 4.14. The minimum Gasteiger partial charge on any atom is -0.383 e. The number of hydrogen-bond acceptors (Lipinski definition) is 6. The highest BCUT2D eigenvalue weighted by Crippen LogP contribution is 2.24. The Bertz CT molecular complexity index is 444. The van der Waals surface area contributed by atoms with Crippen LogP contribution < -0.4 is 11.1 Å². The third kappa shape index (κ3) is 2.42. The van der Waals surface area contributed by atoms with Gasteiger partial charge in [-0.05, 0) is 15.9 Å². The molecule has 0 bridgehead atoms. The molecule has 15 heavy (non-hydrogen) atoms. The maximum absolute atomic E-state index is 5.62. The van der Waals surface area contributed by atoms with Gasteiger partial charge in [0.05, 0.1) is 12.1 Å². The van der Waals surface area contributed by atoms with Gasteiger partial charge in [-0.15, -0.1) is 11.3 Å². The molecule has 0 saturated heterocycles. The second-order valence-corrected chi connectivity index (χ2v) is 4.51. The number of hydrogen-bond donors (Lipinski definition) is 2. The zero-order chi connectivity index (χ0) is 10.7. The summed E-state index contributed by atoms with van der Waals surface area (Å²) in [5.41, 5.74) is 7.41. The summed E-state index contributed by atoms with van der Waals surface area (Å²) in [6.45, 7) is 0.680. The average molecular weight is 286 g/mol. The van der Waals surface area contributed by atoms with Crippen LogP contribution in [0.4, 0.5) is 11.6 Å². The van der Waals surface area contributed by atoms with Crippen LogP contribution in [0.1, 0.15) is 4.88 Å². The molecule has 0 amide bonds. The van der Waals surface area contributed by atoms with Gasteiger partial charge in [-0.1, -0.05) is 0 Å². The lowest BCUT2D eigenvalue weighted by molar-refractivity contribution is 1.09. The Morgan fingerprint density at radius 2 is 2.33 bits per heavy atom. The van der Waals surface area contributed by atoms with E-state index in [4.69, 9.17) is 5.73 Å². The van der Waals surface area contributed by atoms with Crippen molar-refractivity contribution in [3.8, 4) is 0 Å². The summed E-state index contributed by atoms with van der Waals surface area (Å²) >= 11 is 4.91. The molecule has 2 aromatic heterocycles.